The second-order valence-corrected chi connectivity index (χ2v) is 8.44. The zero-order chi connectivity index (χ0) is 21.2. The van der Waals surface area contributed by atoms with E-state index in [0.29, 0.717) is 42.8 Å². The van der Waals surface area contributed by atoms with E-state index in [-0.39, 0.29) is 11.8 Å². The second-order valence-electron chi connectivity index (χ2n) is 8.01. The monoisotopic (exact) mass is 434 g/mol. The second kappa shape index (κ2) is 8.60. The van der Waals surface area contributed by atoms with E-state index in [1.54, 1.807) is 12.4 Å². The summed E-state index contributed by atoms with van der Waals surface area (Å²) in [5.74, 6) is 1.78. The zero-order valence-electron chi connectivity index (χ0n) is 17.1. The first kappa shape index (κ1) is 19.9. The lowest BCUT2D eigenvalue weighted by molar-refractivity contribution is -0.133. The van der Waals surface area contributed by atoms with Gasteiger partial charge in [0.1, 0.15) is 13.2 Å². The predicted molar refractivity (Wildman–Crippen MR) is 119 cm³/mol. The molecule has 1 aromatic heterocycles. The summed E-state index contributed by atoms with van der Waals surface area (Å²) < 4.78 is 12.3. The molecule has 2 aromatic carbocycles. The number of benzene rings is 2. The molecule has 0 N–H and O–H groups in total. The Kier molecular flexibility index (Phi) is 5.51. The summed E-state index contributed by atoms with van der Waals surface area (Å²) in [5.41, 5.74) is 3.89. The van der Waals surface area contributed by atoms with Crippen LogP contribution in [0.3, 0.4) is 0 Å². The highest BCUT2D eigenvalue weighted by atomic mass is 35.5. The van der Waals surface area contributed by atoms with Gasteiger partial charge >= 0.3 is 0 Å². The number of nitrogens with zero attached hydrogens (tertiary/aromatic N) is 2. The van der Waals surface area contributed by atoms with Crippen LogP contribution in [0.2, 0.25) is 5.02 Å². The van der Waals surface area contributed by atoms with Gasteiger partial charge in [-0.1, -0.05) is 29.8 Å². The SMILES string of the molecule is O=C(C1CC1)N1CCOc2c(cc(-c3cccc(Cl)c3)cc2OCc2cccnc2)C1. The number of hydrogen-bond acceptors (Lipinski definition) is 4. The van der Waals surface area contributed by atoms with E-state index in [4.69, 9.17) is 21.1 Å². The Morgan fingerprint density at radius 1 is 1.16 bits per heavy atom. The molecule has 2 heterocycles. The van der Waals surface area contributed by atoms with Gasteiger partial charge in [0.25, 0.3) is 0 Å². The van der Waals surface area contributed by atoms with Crippen LogP contribution in [0.25, 0.3) is 11.1 Å². The number of fused-ring (bicyclic) bond motifs is 1. The number of carbonyl (C=O) groups is 1. The molecule has 0 unspecified atom stereocenters. The number of aromatic nitrogens is 1. The number of amides is 1. The fourth-order valence-electron chi connectivity index (χ4n) is 3.85. The maximum absolute atomic E-state index is 12.7. The van der Waals surface area contributed by atoms with Crippen molar-refractivity contribution in [1.82, 2.24) is 9.88 Å². The van der Waals surface area contributed by atoms with Crippen LogP contribution >= 0.6 is 11.6 Å². The van der Waals surface area contributed by atoms with Crippen LogP contribution in [0.4, 0.5) is 0 Å². The Labute approximate surface area is 186 Å². The normalized spacial score (nSPS) is 15.6. The van der Waals surface area contributed by atoms with Gasteiger partial charge in [-0.15, -0.1) is 0 Å². The minimum atomic E-state index is 0.180. The smallest absolute Gasteiger partial charge is 0.226 e. The Morgan fingerprint density at radius 2 is 2.06 bits per heavy atom. The molecule has 1 amide bonds. The molecule has 0 atom stereocenters. The highest BCUT2D eigenvalue weighted by Crippen LogP contribution is 2.40. The molecule has 3 aromatic rings. The van der Waals surface area contributed by atoms with Crippen molar-refractivity contribution >= 4 is 17.5 Å². The van der Waals surface area contributed by atoms with Crippen molar-refractivity contribution in [2.45, 2.75) is 26.0 Å². The van der Waals surface area contributed by atoms with Gasteiger partial charge in [0.05, 0.1) is 6.54 Å². The van der Waals surface area contributed by atoms with E-state index in [2.05, 4.69) is 11.1 Å². The summed E-state index contributed by atoms with van der Waals surface area (Å²) in [6.07, 6.45) is 5.51. The number of hydrogen-bond donors (Lipinski definition) is 0. The van der Waals surface area contributed by atoms with E-state index >= 15 is 0 Å². The zero-order valence-corrected chi connectivity index (χ0v) is 17.8. The van der Waals surface area contributed by atoms with E-state index in [0.717, 1.165) is 35.1 Å². The van der Waals surface area contributed by atoms with Crippen LogP contribution < -0.4 is 9.47 Å². The van der Waals surface area contributed by atoms with Gasteiger partial charge in [0.15, 0.2) is 11.5 Å². The molecule has 0 radical (unpaired) electrons. The molecule has 1 saturated carbocycles. The first-order valence-electron chi connectivity index (χ1n) is 10.5. The highest BCUT2D eigenvalue weighted by molar-refractivity contribution is 6.30. The minimum absolute atomic E-state index is 0.180. The molecule has 0 saturated heterocycles. The Bertz CT molecular complexity index is 1100. The van der Waals surface area contributed by atoms with Gasteiger partial charge in [-0.25, -0.2) is 0 Å². The fraction of sp³-hybridized carbons (Fsp3) is 0.280. The van der Waals surface area contributed by atoms with Gasteiger partial charge in [-0.05, 0) is 54.3 Å². The first-order valence-corrected chi connectivity index (χ1v) is 10.9. The summed E-state index contributed by atoms with van der Waals surface area (Å²) in [6, 6.07) is 15.7. The van der Waals surface area contributed by atoms with E-state index < -0.39 is 0 Å². The van der Waals surface area contributed by atoms with Crippen molar-refractivity contribution in [1.29, 1.82) is 0 Å². The summed E-state index contributed by atoms with van der Waals surface area (Å²) >= 11 is 6.24. The van der Waals surface area contributed by atoms with Crippen molar-refractivity contribution in [3.8, 4) is 22.6 Å². The van der Waals surface area contributed by atoms with E-state index in [1.165, 1.54) is 0 Å². The van der Waals surface area contributed by atoms with E-state index in [9.17, 15) is 4.79 Å². The predicted octanol–water partition coefficient (Wildman–Crippen LogP) is 5.11. The molecule has 6 heteroatoms. The summed E-state index contributed by atoms with van der Waals surface area (Å²) in [7, 11) is 0. The Hall–Kier alpha value is -3.05. The van der Waals surface area contributed by atoms with Gasteiger partial charge in [0, 0.05) is 41.0 Å². The molecule has 5 nitrogen and oxygen atoms in total. The Morgan fingerprint density at radius 3 is 2.84 bits per heavy atom. The van der Waals surface area contributed by atoms with Crippen molar-refractivity contribution in [3.05, 3.63) is 77.1 Å². The number of carbonyl (C=O) groups excluding carboxylic acids is 1. The van der Waals surface area contributed by atoms with Gasteiger partial charge in [0.2, 0.25) is 5.91 Å². The summed E-state index contributed by atoms with van der Waals surface area (Å²) in [6.45, 7) is 1.93. The molecule has 31 heavy (non-hydrogen) atoms. The lowest BCUT2D eigenvalue weighted by Gasteiger charge is -2.20. The largest absolute Gasteiger partial charge is 0.487 e. The van der Waals surface area contributed by atoms with Crippen molar-refractivity contribution in [2.75, 3.05) is 13.2 Å². The molecule has 0 spiro atoms. The minimum Gasteiger partial charge on any atom is -0.487 e. The molecule has 158 valence electrons. The average molecular weight is 435 g/mol. The van der Waals surface area contributed by atoms with Crippen molar-refractivity contribution < 1.29 is 14.3 Å². The van der Waals surface area contributed by atoms with Crippen LogP contribution in [0.15, 0.2) is 60.9 Å². The first-order chi connectivity index (χ1) is 15.2. The van der Waals surface area contributed by atoms with Gasteiger partial charge in [-0.2, -0.15) is 0 Å². The molecule has 2 aliphatic rings. The summed E-state index contributed by atoms with van der Waals surface area (Å²) in [4.78, 5) is 18.8. The third-order valence-electron chi connectivity index (χ3n) is 5.61. The standard InChI is InChI=1S/C25H23ClN2O3/c26-22-5-1-4-19(12-22)20-11-21-15-28(25(29)18-6-7-18)9-10-30-24(21)23(13-20)31-16-17-3-2-8-27-14-17/h1-5,8,11-14,18H,6-7,9-10,15-16H2. The molecular weight excluding hydrogens is 412 g/mol. The average Bonchev–Trinajstić information content (AvgIpc) is 3.64. The topological polar surface area (TPSA) is 51.7 Å². The molecule has 1 fully saturated rings. The fourth-order valence-corrected chi connectivity index (χ4v) is 4.04. The molecule has 1 aliphatic heterocycles. The third-order valence-corrected chi connectivity index (χ3v) is 5.85. The molecule has 5 rings (SSSR count). The maximum atomic E-state index is 12.7. The highest BCUT2D eigenvalue weighted by Gasteiger charge is 2.34. The van der Waals surface area contributed by atoms with Gasteiger partial charge < -0.3 is 14.4 Å². The van der Waals surface area contributed by atoms with Crippen LogP contribution in [0.1, 0.15) is 24.0 Å². The Balaban J connectivity index is 1.51. The van der Waals surface area contributed by atoms with Crippen molar-refractivity contribution in [2.24, 2.45) is 5.92 Å². The third kappa shape index (κ3) is 4.52. The van der Waals surface area contributed by atoms with Crippen LogP contribution in [0, 0.1) is 5.92 Å². The molecular formula is C25H23ClN2O3. The molecule has 1 aliphatic carbocycles. The summed E-state index contributed by atoms with van der Waals surface area (Å²) in [5, 5.41) is 0.673. The number of rotatable bonds is 5. The van der Waals surface area contributed by atoms with Crippen LogP contribution in [-0.2, 0) is 17.9 Å². The number of ether oxygens (including phenoxy) is 2. The molecule has 0 bridgehead atoms. The lowest BCUT2D eigenvalue weighted by atomic mass is 10.0. The van der Waals surface area contributed by atoms with E-state index in [1.807, 2.05) is 47.4 Å². The lowest BCUT2D eigenvalue weighted by Crippen LogP contribution is -2.33. The quantitative estimate of drug-likeness (QED) is 0.559. The van der Waals surface area contributed by atoms with Crippen LogP contribution in [-0.4, -0.2) is 28.9 Å². The van der Waals surface area contributed by atoms with Crippen LogP contribution in [0.5, 0.6) is 11.5 Å². The van der Waals surface area contributed by atoms with Crippen molar-refractivity contribution in [3.63, 3.8) is 0 Å². The maximum Gasteiger partial charge on any atom is 0.226 e. The number of pyridine rings is 1. The number of halogens is 1. The van der Waals surface area contributed by atoms with Gasteiger partial charge in [-0.3, -0.25) is 9.78 Å².